The number of benzene rings is 3. The molecule has 3 rings (SSSR count). The Kier molecular flexibility index (Phi) is 7.68. The maximum absolute atomic E-state index is 13.4. The molecule has 1 amide bonds. The average molecular weight is 485 g/mol. The molecule has 0 unspecified atom stereocenters. The smallest absolute Gasteiger partial charge is 0.338 e. The van der Waals surface area contributed by atoms with Crippen LogP contribution in [0.2, 0.25) is 0 Å². The van der Waals surface area contributed by atoms with Gasteiger partial charge in [0, 0.05) is 5.69 Å². The lowest BCUT2D eigenvalue weighted by atomic mass is 10.1. The molecule has 0 aliphatic carbocycles. The monoisotopic (exact) mass is 484 g/mol. The fourth-order valence-corrected chi connectivity index (χ4v) is 4.70. The Balaban J connectivity index is 1.92. The molecule has 3 aromatic carbocycles. The van der Waals surface area contributed by atoms with Crippen LogP contribution in [0.3, 0.4) is 0 Å². The number of rotatable bonds is 8. The van der Waals surface area contributed by atoms with Crippen LogP contribution in [-0.4, -0.2) is 33.4 Å². The third-order valence-electron chi connectivity index (χ3n) is 5.11. The van der Waals surface area contributed by atoms with Crippen LogP contribution in [0.5, 0.6) is 0 Å². The highest BCUT2D eigenvalue weighted by Crippen LogP contribution is 2.25. The van der Waals surface area contributed by atoms with Gasteiger partial charge in [-0.1, -0.05) is 23.8 Å². The molecule has 0 atom stereocenters. The highest BCUT2D eigenvalue weighted by Gasteiger charge is 2.27. The van der Waals surface area contributed by atoms with Gasteiger partial charge in [0.05, 0.1) is 22.8 Å². The Bertz CT molecular complexity index is 1290. The Morgan fingerprint density at radius 2 is 1.62 bits per heavy atom. The molecule has 0 saturated heterocycles. The Morgan fingerprint density at radius 3 is 2.24 bits per heavy atom. The number of anilines is 2. The zero-order valence-corrected chi connectivity index (χ0v) is 19.9. The zero-order chi connectivity index (χ0) is 24.9. The molecule has 9 heteroatoms. The van der Waals surface area contributed by atoms with E-state index in [2.05, 4.69) is 5.32 Å². The molecule has 178 valence electrons. The average Bonchev–Trinajstić information content (AvgIpc) is 2.80. The van der Waals surface area contributed by atoms with Crippen molar-refractivity contribution in [2.75, 3.05) is 22.8 Å². The molecular weight excluding hydrogens is 459 g/mol. The van der Waals surface area contributed by atoms with Gasteiger partial charge in [0.15, 0.2) is 0 Å². The summed E-state index contributed by atoms with van der Waals surface area (Å²) in [6.45, 7) is 4.89. The fourth-order valence-electron chi connectivity index (χ4n) is 3.28. The second-order valence-electron chi connectivity index (χ2n) is 7.55. The van der Waals surface area contributed by atoms with Gasteiger partial charge in [-0.15, -0.1) is 0 Å². The molecule has 0 spiro atoms. The van der Waals surface area contributed by atoms with Gasteiger partial charge in [0.2, 0.25) is 5.91 Å². The van der Waals surface area contributed by atoms with Crippen LogP contribution >= 0.6 is 0 Å². The molecule has 0 aliphatic heterocycles. The third-order valence-corrected chi connectivity index (χ3v) is 6.90. The number of carbonyl (C=O) groups is 2. The van der Waals surface area contributed by atoms with E-state index in [1.807, 2.05) is 6.92 Å². The number of hydrogen-bond acceptors (Lipinski definition) is 5. The first-order chi connectivity index (χ1) is 16.1. The van der Waals surface area contributed by atoms with Crippen molar-refractivity contribution < 1.29 is 27.1 Å². The van der Waals surface area contributed by atoms with E-state index in [1.54, 1.807) is 56.3 Å². The summed E-state index contributed by atoms with van der Waals surface area (Å²) in [5.74, 6) is -1.71. The van der Waals surface area contributed by atoms with Crippen LogP contribution in [0.1, 0.15) is 28.4 Å². The second kappa shape index (κ2) is 10.5. The molecule has 0 fully saturated rings. The number of halogens is 1. The minimum Gasteiger partial charge on any atom is -0.462 e. The van der Waals surface area contributed by atoms with Crippen molar-refractivity contribution in [3.8, 4) is 0 Å². The fraction of sp³-hybridized carbons (Fsp3) is 0.200. The molecule has 0 aromatic heterocycles. The summed E-state index contributed by atoms with van der Waals surface area (Å²) in [4.78, 5) is 25.0. The van der Waals surface area contributed by atoms with Crippen molar-refractivity contribution >= 4 is 33.3 Å². The summed E-state index contributed by atoms with van der Waals surface area (Å²) in [6.07, 6.45) is 0. The van der Waals surface area contributed by atoms with Crippen LogP contribution in [-0.2, 0) is 19.6 Å². The standard InChI is InChI=1S/C25H25FN2O5S/c1-4-33-25(30)22-6-5-7-23(18(22)3)27-24(29)16-28(20-12-8-17(2)9-13-20)34(31,32)21-14-10-19(26)11-15-21/h5-15H,4,16H2,1-3H3,(H,27,29). The van der Waals surface area contributed by atoms with Gasteiger partial charge in [0.1, 0.15) is 12.4 Å². The van der Waals surface area contributed by atoms with Crippen LogP contribution in [0.25, 0.3) is 0 Å². The predicted molar refractivity (Wildman–Crippen MR) is 128 cm³/mol. The molecule has 0 bridgehead atoms. The van der Waals surface area contributed by atoms with E-state index < -0.39 is 34.3 Å². The zero-order valence-electron chi connectivity index (χ0n) is 19.0. The highest BCUT2D eigenvalue weighted by molar-refractivity contribution is 7.92. The van der Waals surface area contributed by atoms with Gasteiger partial charge in [0.25, 0.3) is 10.0 Å². The summed E-state index contributed by atoms with van der Waals surface area (Å²) in [5.41, 5.74) is 2.35. The molecule has 3 aromatic rings. The van der Waals surface area contributed by atoms with Gasteiger partial charge >= 0.3 is 5.97 Å². The molecule has 0 heterocycles. The number of amides is 1. The largest absolute Gasteiger partial charge is 0.462 e. The van der Waals surface area contributed by atoms with Crippen molar-refractivity contribution in [2.45, 2.75) is 25.7 Å². The quantitative estimate of drug-likeness (QED) is 0.477. The van der Waals surface area contributed by atoms with Crippen molar-refractivity contribution in [3.05, 3.63) is 89.2 Å². The minimum absolute atomic E-state index is 0.150. The number of sulfonamides is 1. The van der Waals surface area contributed by atoms with Gasteiger partial charge < -0.3 is 10.1 Å². The summed E-state index contributed by atoms with van der Waals surface area (Å²) in [7, 11) is -4.18. The number of nitrogens with one attached hydrogen (secondary N) is 1. The van der Waals surface area contributed by atoms with E-state index in [-0.39, 0.29) is 17.2 Å². The van der Waals surface area contributed by atoms with Crippen molar-refractivity contribution in [1.29, 1.82) is 0 Å². The molecule has 7 nitrogen and oxygen atoms in total. The van der Waals surface area contributed by atoms with E-state index in [4.69, 9.17) is 4.74 Å². The molecular formula is C25H25FN2O5S. The van der Waals surface area contributed by atoms with Crippen molar-refractivity contribution in [1.82, 2.24) is 0 Å². The van der Waals surface area contributed by atoms with Crippen LogP contribution in [0.4, 0.5) is 15.8 Å². The molecule has 0 aliphatic rings. The normalized spacial score (nSPS) is 11.1. The number of esters is 1. The molecule has 0 saturated carbocycles. The van der Waals surface area contributed by atoms with Crippen LogP contribution < -0.4 is 9.62 Å². The van der Waals surface area contributed by atoms with Gasteiger partial charge in [-0.05, 0) is 74.9 Å². The number of nitrogens with zero attached hydrogens (tertiary/aromatic N) is 1. The maximum atomic E-state index is 13.4. The van der Waals surface area contributed by atoms with Crippen LogP contribution in [0, 0.1) is 19.7 Å². The van der Waals surface area contributed by atoms with E-state index >= 15 is 0 Å². The number of ether oxygens (including phenoxy) is 1. The van der Waals surface area contributed by atoms with Crippen LogP contribution in [0.15, 0.2) is 71.6 Å². The minimum atomic E-state index is -4.18. The van der Waals surface area contributed by atoms with Gasteiger partial charge in [-0.25, -0.2) is 17.6 Å². The lowest BCUT2D eigenvalue weighted by Gasteiger charge is -2.24. The van der Waals surface area contributed by atoms with Crippen molar-refractivity contribution in [3.63, 3.8) is 0 Å². The molecule has 34 heavy (non-hydrogen) atoms. The predicted octanol–water partition coefficient (Wildman–Crippen LogP) is 4.45. The lowest BCUT2D eigenvalue weighted by molar-refractivity contribution is -0.114. The molecule has 1 N–H and O–H groups in total. The molecule has 0 radical (unpaired) electrons. The maximum Gasteiger partial charge on any atom is 0.338 e. The van der Waals surface area contributed by atoms with Crippen molar-refractivity contribution in [2.24, 2.45) is 0 Å². The van der Waals surface area contributed by atoms with Gasteiger partial charge in [-0.2, -0.15) is 0 Å². The Morgan fingerprint density at radius 1 is 0.971 bits per heavy atom. The van der Waals surface area contributed by atoms with E-state index in [9.17, 15) is 22.4 Å². The second-order valence-corrected chi connectivity index (χ2v) is 9.41. The first kappa shape index (κ1) is 24.9. The SMILES string of the molecule is CCOC(=O)c1cccc(NC(=O)CN(c2ccc(C)cc2)S(=O)(=O)c2ccc(F)cc2)c1C. The van der Waals surface area contributed by atoms with Gasteiger partial charge in [-0.3, -0.25) is 9.10 Å². The van der Waals surface area contributed by atoms with E-state index in [1.165, 1.54) is 0 Å². The van der Waals surface area contributed by atoms with E-state index in [0.29, 0.717) is 16.8 Å². The summed E-state index contributed by atoms with van der Waals surface area (Å²) >= 11 is 0. The third kappa shape index (κ3) is 5.60. The first-order valence-corrected chi connectivity index (χ1v) is 12.0. The number of carbonyl (C=O) groups excluding carboxylic acids is 2. The summed E-state index contributed by atoms with van der Waals surface area (Å²) < 4.78 is 46.1. The lowest BCUT2D eigenvalue weighted by Crippen LogP contribution is -2.38. The topological polar surface area (TPSA) is 92.8 Å². The number of hydrogen-bond donors (Lipinski definition) is 1. The highest BCUT2D eigenvalue weighted by atomic mass is 32.2. The Labute approximate surface area is 198 Å². The first-order valence-electron chi connectivity index (χ1n) is 10.5. The number of aryl methyl sites for hydroxylation is 1. The Hall–Kier alpha value is -3.72. The summed E-state index contributed by atoms with van der Waals surface area (Å²) in [5, 5.41) is 2.68. The summed E-state index contributed by atoms with van der Waals surface area (Å²) in [6, 6.07) is 15.8. The van der Waals surface area contributed by atoms with E-state index in [0.717, 1.165) is 34.1 Å².